The van der Waals surface area contributed by atoms with Crippen LogP contribution < -0.4 is 0 Å². The maximum absolute atomic E-state index is 6.80. The van der Waals surface area contributed by atoms with Gasteiger partial charge in [0.2, 0.25) is 0 Å². The first-order valence-electron chi connectivity index (χ1n) is 9.72. The first kappa shape index (κ1) is 17.3. The normalized spacial score (nSPS) is 22.9. The van der Waals surface area contributed by atoms with Crippen LogP contribution in [0.25, 0.3) is 0 Å². The summed E-state index contributed by atoms with van der Waals surface area (Å²) in [4.78, 5) is 6.80. The summed E-state index contributed by atoms with van der Waals surface area (Å²) in [5.74, 6) is 0. The Labute approximate surface area is 132 Å². The highest BCUT2D eigenvalue weighted by atomic mass is 16.7. The van der Waals surface area contributed by atoms with E-state index in [-0.39, 0.29) is 5.60 Å². The minimum atomic E-state index is 0.0783. The third-order valence-corrected chi connectivity index (χ3v) is 6.10. The molecule has 0 N–H and O–H groups in total. The van der Waals surface area contributed by atoms with Crippen molar-refractivity contribution in [1.29, 1.82) is 0 Å². The molecule has 0 aromatic rings. The zero-order chi connectivity index (χ0) is 15.1. The van der Waals surface area contributed by atoms with Crippen molar-refractivity contribution in [2.24, 2.45) is 0 Å². The van der Waals surface area contributed by atoms with Gasteiger partial charge in [0.25, 0.3) is 0 Å². The lowest BCUT2D eigenvalue weighted by atomic mass is 9.90. The highest BCUT2D eigenvalue weighted by molar-refractivity contribution is 4.83. The smallest absolute Gasteiger partial charge is 0.0892 e. The SMILES string of the molecule is CCC(CC)(CC)ON(C1CCCCC1)C1CCCCC1. The third kappa shape index (κ3) is 4.45. The van der Waals surface area contributed by atoms with E-state index in [0.717, 1.165) is 19.3 Å². The Morgan fingerprint density at radius 2 is 1.10 bits per heavy atom. The molecule has 2 fully saturated rings. The molecule has 0 spiro atoms. The summed E-state index contributed by atoms with van der Waals surface area (Å²) in [6.07, 6.45) is 17.3. The highest BCUT2D eigenvalue weighted by Crippen LogP contribution is 2.35. The van der Waals surface area contributed by atoms with E-state index in [4.69, 9.17) is 4.84 Å². The van der Waals surface area contributed by atoms with Crippen LogP contribution in [0.3, 0.4) is 0 Å². The van der Waals surface area contributed by atoms with Crippen molar-refractivity contribution in [2.75, 3.05) is 0 Å². The summed E-state index contributed by atoms with van der Waals surface area (Å²) in [6, 6.07) is 1.37. The van der Waals surface area contributed by atoms with Gasteiger partial charge < -0.3 is 0 Å². The monoisotopic (exact) mass is 295 g/mol. The van der Waals surface area contributed by atoms with Crippen LogP contribution in [-0.2, 0) is 4.84 Å². The van der Waals surface area contributed by atoms with Crippen LogP contribution in [0.2, 0.25) is 0 Å². The third-order valence-electron chi connectivity index (χ3n) is 6.10. The van der Waals surface area contributed by atoms with Crippen molar-refractivity contribution in [1.82, 2.24) is 5.06 Å². The second-order valence-electron chi connectivity index (χ2n) is 7.28. The second-order valence-corrected chi connectivity index (χ2v) is 7.28. The van der Waals surface area contributed by atoms with Crippen molar-refractivity contribution in [2.45, 2.75) is 122 Å². The van der Waals surface area contributed by atoms with E-state index in [2.05, 4.69) is 25.8 Å². The molecule has 2 aliphatic carbocycles. The summed E-state index contributed by atoms with van der Waals surface area (Å²) >= 11 is 0. The average molecular weight is 296 g/mol. The fourth-order valence-electron chi connectivity index (χ4n) is 4.29. The van der Waals surface area contributed by atoms with Gasteiger partial charge in [-0.15, -0.1) is 0 Å². The topological polar surface area (TPSA) is 12.5 Å². The molecular weight excluding hydrogens is 258 g/mol. The molecular formula is C19H37NO. The van der Waals surface area contributed by atoms with Gasteiger partial charge >= 0.3 is 0 Å². The zero-order valence-electron chi connectivity index (χ0n) is 14.7. The standard InChI is InChI=1S/C19H37NO/c1-4-19(5-2,6-3)21-20(17-13-9-7-10-14-17)18-15-11-8-12-16-18/h17-18H,4-16H2,1-3H3. The van der Waals surface area contributed by atoms with Gasteiger partial charge in [0.15, 0.2) is 0 Å². The molecule has 0 atom stereocenters. The molecule has 0 amide bonds. The Balaban J connectivity index is 2.09. The fraction of sp³-hybridized carbons (Fsp3) is 1.00. The maximum Gasteiger partial charge on any atom is 0.0892 e. The van der Waals surface area contributed by atoms with E-state index in [1.54, 1.807) is 0 Å². The molecule has 0 aromatic heterocycles. The molecule has 0 heterocycles. The highest BCUT2D eigenvalue weighted by Gasteiger charge is 2.36. The molecule has 0 aromatic carbocycles. The Bertz CT molecular complexity index is 249. The van der Waals surface area contributed by atoms with E-state index in [9.17, 15) is 0 Å². The molecule has 2 aliphatic rings. The summed E-state index contributed by atoms with van der Waals surface area (Å²) in [6.45, 7) is 6.90. The van der Waals surface area contributed by atoms with Crippen molar-refractivity contribution in [3.63, 3.8) is 0 Å². The molecule has 2 rings (SSSR count). The molecule has 0 aliphatic heterocycles. The van der Waals surface area contributed by atoms with Gasteiger partial charge in [-0.25, -0.2) is 0 Å². The molecule has 0 radical (unpaired) electrons. The van der Waals surface area contributed by atoms with E-state index >= 15 is 0 Å². The summed E-state index contributed by atoms with van der Waals surface area (Å²) in [5, 5.41) is 2.52. The quantitative estimate of drug-likeness (QED) is 0.546. The van der Waals surface area contributed by atoms with Gasteiger partial charge in [-0.1, -0.05) is 59.3 Å². The van der Waals surface area contributed by atoms with E-state index in [1.807, 2.05) is 0 Å². The van der Waals surface area contributed by atoms with Crippen molar-refractivity contribution < 1.29 is 4.84 Å². The van der Waals surface area contributed by atoms with Crippen molar-refractivity contribution in [3.05, 3.63) is 0 Å². The van der Waals surface area contributed by atoms with Gasteiger partial charge in [0.05, 0.1) is 5.60 Å². The van der Waals surface area contributed by atoms with Gasteiger partial charge in [0, 0.05) is 12.1 Å². The van der Waals surface area contributed by atoms with E-state index in [0.29, 0.717) is 12.1 Å². The van der Waals surface area contributed by atoms with Crippen LogP contribution in [0, 0.1) is 0 Å². The number of hydrogen-bond acceptors (Lipinski definition) is 2. The lowest BCUT2D eigenvalue weighted by Gasteiger charge is -2.46. The van der Waals surface area contributed by atoms with Crippen molar-refractivity contribution in [3.8, 4) is 0 Å². The minimum Gasteiger partial charge on any atom is -0.292 e. The molecule has 2 nitrogen and oxygen atoms in total. The first-order chi connectivity index (χ1) is 10.2. The molecule has 2 saturated carbocycles. The second kappa shape index (κ2) is 8.53. The first-order valence-corrected chi connectivity index (χ1v) is 9.72. The van der Waals surface area contributed by atoms with Gasteiger partial charge in [-0.2, -0.15) is 5.06 Å². The van der Waals surface area contributed by atoms with Crippen LogP contribution in [0.4, 0.5) is 0 Å². The van der Waals surface area contributed by atoms with E-state index in [1.165, 1.54) is 64.2 Å². The van der Waals surface area contributed by atoms with Crippen LogP contribution in [0.5, 0.6) is 0 Å². The number of rotatable bonds is 7. The predicted molar refractivity (Wildman–Crippen MR) is 90.3 cm³/mol. The Hall–Kier alpha value is -0.0800. The Kier molecular flexibility index (Phi) is 7.01. The Morgan fingerprint density at radius 3 is 1.43 bits per heavy atom. The number of hydroxylamine groups is 2. The van der Waals surface area contributed by atoms with Gasteiger partial charge in [-0.05, 0) is 44.9 Å². The molecule has 124 valence electrons. The molecule has 0 unspecified atom stereocenters. The molecule has 0 saturated heterocycles. The summed E-state index contributed by atoms with van der Waals surface area (Å²) in [7, 11) is 0. The van der Waals surface area contributed by atoms with Crippen molar-refractivity contribution >= 4 is 0 Å². The zero-order valence-corrected chi connectivity index (χ0v) is 14.7. The maximum atomic E-state index is 6.80. The minimum absolute atomic E-state index is 0.0783. The largest absolute Gasteiger partial charge is 0.292 e. The molecule has 2 heteroatoms. The predicted octanol–water partition coefficient (Wildman–Crippen LogP) is 5.85. The van der Waals surface area contributed by atoms with Gasteiger partial charge in [0.1, 0.15) is 0 Å². The molecule has 0 bridgehead atoms. The number of nitrogens with zero attached hydrogens (tertiary/aromatic N) is 1. The fourth-order valence-corrected chi connectivity index (χ4v) is 4.29. The lowest BCUT2D eigenvalue weighted by Crippen LogP contribution is -2.50. The average Bonchev–Trinajstić information content (AvgIpc) is 2.58. The van der Waals surface area contributed by atoms with Crippen LogP contribution in [0.15, 0.2) is 0 Å². The van der Waals surface area contributed by atoms with E-state index < -0.39 is 0 Å². The summed E-state index contributed by atoms with van der Waals surface area (Å²) in [5.41, 5.74) is 0.0783. The summed E-state index contributed by atoms with van der Waals surface area (Å²) < 4.78 is 0. The number of hydrogen-bond donors (Lipinski definition) is 0. The molecule has 21 heavy (non-hydrogen) atoms. The van der Waals surface area contributed by atoms with Crippen LogP contribution in [0.1, 0.15) is 104 Å². The van der Waals surface area contributed by atoms with Gasteiger partial charge in [-0.3, -0.25) is 4.84 Å². The lowest BCUT2D eigenvalue weighted by molar-refractivity contribution is -0.295. The van der Waals surface area contributed by atoms with Crippen LogP contribution >= 0.6 is 0 Å². The Morgan fingerprint density at radius 1 is 0.714 bits per heavy atom. The van der Waals surface area contributed by atoms with Crippen LogP contribution in [-0.4, -0.2) is 22.7 Å².